The third kappa shape index (κ3) is 3.25. The van der Waals surface area contributed by atoms with Gasteiger partial charge < -0.3 is 4.57 Å². The summed E-state index contributed by atoms with van der Waals surface area (Å²) in [7, 11) is 0. The summed E-state index contributed by atoms with van der Waals surface area (Å²) in [4.78, 5) is 20.8. The van der Waals surface area contributed by atoms with Gasteiger partial charge in [0.25, 0.3) is 5.91 Å². The van der Waals surface area contributed by atoms with E-state index >= 15 is 0 Å². The minimum Gasteiger partial charge on any atom is -0.332 e. The first-order valence-corrected chi connectivity index (χ1v) is 8.27. The van der Waals surface area contributed by atoms with Crippen LogP contribution in [0.1, 0.15) is 16.1 Å². The Kier molecular flexibility index (Phi) is 4.30. The van der Waals surface area contributed by atoms with Gasteiger partial charge in [0.2, 0.25) is 5.95 Å². The Labute approximate surface area is 150 Å². The molecular weight excluding hydrogens is 326 g/mol. The quantitative estimate of drug-likeness (QED) is 0.546. The first-order valence-electron chi connectivity index (χ1n) is 8.27. The van der Waals surface area contributed by atoms with E-state index in [1.807, 2.05) is 65.2 Å². The van der Waals surface area contributed by atoms with Crippen molar-refractivity contribution in [2.75, 3.05) is 5.43 Å². The second-order valence-electron chi connectivity index (χ2n) is 5.81. The number of hydrogen-bond donors (Lipinski definition) is 2. The number of carbonyl (C=O) groups excluding carboxylic acids is 1. The molecule has 2 heterocycles. The number of hydrazine groups is 1. The zero-order valence-corrected chi connectivity index (χ0v) is 14.0. The molecule has 26 heavy (non-hydrogen) atoms. The lowest BCUT2D eigenvalue weighted by atomic mass is 10.2. The van der Waals surface area contributed by atoms with Crippen molar-refractivity contribution in [2.45, 2.75) is 6.54 Å². The highest BCUT2D eigenvalue weighted by molar-refractivity contribution is 5.99. The van der Waals surface area contributed by atoms with Gasteiger partial charge in [0.1, 0.15) is 5.69 Å². The maximum absolute atomic E-state index is 12.7. The van der Waals surface area contributed by atoms with Gasteiger partial charge in [-0.25, -0.2) is 9.97 Å². The van der Waals surface area contributed by atoms with Gasteiger partial charge in [-0.3, -0.25) is 15.6 Å². The predicted molar refractivity (Wildman–Crippen MR) is 101 cm³/mol. The van der Waals surface area contributed by atoms with Crippen molar-refractivity contribution < 1.29 is 4.79 Å². The molecule has 0 bridgehead atoms. The van der Waals surface area contributed by atoms with Gasteiger partial charge in [-0.1, -0.05) is 48.5 Å². The molecule has 0 aliphatic carbocycles. The fourth-order valence-corrected chi connectivity index (χ4v) is 2.88. The van der Waals surface area contributed by atoms with E-state index in [-0.39, 0.29) is 5.91 Å². The molecule has 1 amide bonds. The van der Waals surface area contributed by atoms with E-state index in [1.165, 1.54) is 0 Å². The highest BCUT2D eigenvalue weighted by Gasteiger charge is 2.15. The standard InChI is InChI=1S/C20H17N5O/c26-19(23-24-20-21-11-6-12-22-20)18-13-16-9-4-5-10-17(16)25(18)14-15-7-2-1-3-8-15/h1-13H,14H2,(H,23,26)(H,21,22,24). The molecule has 0 atom stereocenters. The number of benzene rings is 2. The molecule has 4 rings (SSSR count). The highest BCUT2D eigenvalue weighted by Crippen LogP contribution is 2.21. The van der Waals surface area contributed by atoms with Crippen LogP contribution in [0.4, 0.5) is 5.95 Å². The Bertz CT molecular complexity index is 1030. The zero-order valence-electron chi connectivity index (χ0n) is 14.0. The second-order valence-corrected chi connectivity index (χ2v) is 5.81. The number of para-hydroxylation sites is 1. The molecule has 0 unspecified atom stereocenters. The smallest absolute Gasteiger partial charge is 0.286 e. The minimum absolute atomic E-state index is 0.246. The summed E-state index contributed by atoms with van der Waals surface area (Å²) in [6, 6.07) is 21.6. The number of fused-ring (bicyclic) bond motifs is 1. The molecule has 2 aromatic heterocycles. The van der Waals surface area contributed by atoms with Gasteiger partial charge in [-0.2, -0.15) is 0 Å². The maximum Gasteiger partial charge on any atom is 0.286 e. The average molecular weight is 343 g/mol. The topological polar surface area (TPSA) is 71.8 Å². The number of nitrogens with zero attached hydrogens (tertiary/aromatic N) is 3. The van der Waals surface area contributed by atoms with E-state index in [4.69, 9.17) is 0 Å². The van der Waals surface area contributed by atoms with Crippen LogP contribution in [0.15, 0.2) is 79.1 Å². The van der Waals surface area contributed by atoms with Crippen molar-refractivity contribution in [1.82, 2.24) is 20.0 Å². The van der Waals surface area contributed by atoms with Crippen LogP contribution < -0.4 is 10.9 Å². The first-order chi connectivity index (χ1) is 12.8. The van der Waals surface area contributed by atoms with Gasteiger partial charge in [0.05, 0.1) is 0 Å². The molecule has 0 radical (unpaired) electrons. The number of nitrogens with one attached hydrogen (secondary N) is 2. The van der Waals surface area contributed by atoms with E-state index < -0.39 is 0 Å². The molecule has 4 aromatic rings. The van der Waals surface area contributed by atoms with E-state index in [9.17, 15) is 4.79 Å². The van der Waals surface area contributed by atoms with Crippen molar-refractivity contribution in [2.24, 2.45) is 0 Å². The SMILES string of the molecule is O=C(NNc1ncccn1)c1cc2ccccc2n1Cc1ccccc1. The molecule has 0 aliphatic heterocycles. The van der Waals surface area contributed by atoms with Crippen LogP contribution in [-0.4, -0.2) is 20.4 Å². The van der Waals surface area contributed by atoms with Crippen LogP contribution in [0.25, 0.3) is 10.9 Å². The van der Waals surface area contributed by atoms with Crippen molar-refractivity contribution >= 4 is 22.8 Å². The number of amides is 1. The van der Waals surface area contributed by atoms with Gasteiger partial charge in [0, 0.05) is 29.8 Å². The molecule has 0 saturated carbocycles. The number of carbonyl (C=O) groups is 1. The van der Waals surface area contributed by atoms with E-state index in [2.05, 4.69) is 20.8 Å². The zero-order chi connectivity index (χ0) is 17.8. The average Bonchev–Trinajstić information content (AvgIpc) is 3.06. The van der Waals surface area contributed by atoms with Crippen molar-refractivity contribution in [3.8, 4) is 0 Å². The maximum atomic E-state index is 12.7. The molecule has 128 valence electrons. The van der Waals surface area contributed by atoms with Crippen molar-refractivity contribution in [3.63, 3.8) is 0 Å². The molecule has 0 aliphatic rings. The number of rotatable bonds is 5. The van der Waals surface area contributed by atoms with Crippen molar-refractivity contribution in [1.29, 1.82) is 0 Å². The molecule has 6 heteroatoms. The summed E-state index contributed by atoms with van der Waals surface area (Å²) in [5.41, 5.74) is 8.12. The summed E-state index contributed by atoms with van der Waals surface area (Å²) in [5, 5.41) is 1.02. The Hall–Kier alpha value is -3.67. The summed E-state index contributed by atoms with van der Waals surface area (Å²) < 4.78 is 2.01. The fraction of sp³-hybridized carbons (Fsp3) is 0.0500. The third-order valence-electron chi connectivity index (χ3n) is 4.08. The van der Waals surface area contributed by atoms with E-state index in [0.29, 0.717) is 18.2 Å². The van der Waals surface area contributed by atoms with E-state index in [1.54, 1.807) is 18.5 Å². The molecule has 0 spiro atoms. The molecule has 2 aromatic carbocycles. The summed E-state index contributed by atoms with van der Waals surface area (Å²) in [5.74, 6) is 0.0937. The number of anilines is 1. The lowest BCUT2D eigenvalue weighted by Crippen LogP contribution is -2.32. The number of aromatic nitrogens is 3. The predicted octanol–water partition coefficient (Wildman–Crippen LogP) is 3.24. The Balaban J connectivity index is 1.65. The van der Waals surface area contributed by atoms with Crippen LogP contribution in [0, 0.1) is 0 Å². The lowest BCUT2D eigenvalue weighted by Gasteiger charge is -2.12. The monoisotopic (exact) mass is 343 g/mol. The minimum atomic E-state index is -0.246. The van der Waals surface area contributed by atoms with Crippen LogP contribution in [0.5, 0.6) is 0 Å². The Morgan fingerprint density at radius 2 is 1.65 bits per heavy atom. The van der Waals surface area contributed by atoms with Crippen LogP contribution >= 0.6 is 0 Å². The van der Waals surface area contributed by atoms with Gasteiger partial charge >= 0.3 is 0 Å². The number of hydrogen-bond acceptors (Lipinski definition) is 4. The first kappa shape index (κ1) is 15.8. The third-order valence-corrected chi connectivity index (χ3v) is 4.08. The summed E-state index contributed by atoms with van der Waals surface area (Å²) >= 11 is 0. The second kappa shape index (κ2) is 7.06. The Morgan fingerprint density at radius 3 is 2.46 bits per heavy atom. The normalized spacial score (nSPS) is 10.6. The molecule has 2 N–H and O–H groups in total. The van der Waals surface area contributed by atoms with Crippen molar-refractivity contribution in [3.05, 3.63) is 90.4 Å². The highest BCUT2D eigenvalue weighted by atomic mass is 16.2. The van der Waals surface area contributed by atoms with Gasteiger partial charge in [0.15, 0.2) is 0 Å². The molecular formula is C20H17N5O. The molecule has 6 nitrogen and oxygen atoms in total. The fourth-order valence-electron chi connectivity index (χ4n) is 2.88. The molecule has 0 saturated heterocycles. The Morgan fingerprint density at radius 1 is 0.923 bits per heavy atom. The van der Waals surface area contributed by atoms with E-state index in [0.717, 1.165) is 16.5 Å². The van der Waals surface area contributed by atoms with Crippen LogP contribution in [0.2, 0.25) is 0 Å². The van der Waals surface area contributed by atoms with Gasteiger partial charge in [-0.05, 0) is 23.8 Å². The lowest BCUT2D eigenvalue weighted by molar-refractivity contribution is 0.0954. The molecule has 0 fully saturated rings. The largest absolute Gasteiger partial charge is 0.332 e. The van der Waals surface area contributed by atoms with Crippen LogP contribution in [0.3, 0.4) is 0 Å². The van der Waals surface area contributed by atoms with Gasteiger partial charge in [-0.15, -0.1) is 0 Å². The summed E-state index contributed by atoms with van der Waals surface area (Å²) in [6.07, 6.45) is 3.21. The summed E-state index contributed by atoms with van der Waals surface area (Å²) in [6.45, 7) is 0.610. The van der Waals surface area contributed by atoms with Crippen LogP contribution in [-0.2, 0) is 6.54 Å².